The fraction of sp³-hybridized carbons (Fsp3) is 0.316. The van der Waals surface area contributed by atoms with Crippen LogP contribution in [0.1, 0.15) is 29.2 Å². The number of hydrogen-bond donors (Lipinski definition) is 1. The molecule has 1 aliphatic heterocycles. The van der Waals surface area contributed by atoms with Crippen LogP contribution in [-0.4, -0.2) is 25.8 Å². The molecule has 6 heteroatoms. The van der Waals surface area contributed by atoms with E-state index in [-0.39, 0.29) is 10.8 Å². The summed E-state index contributed by atoms with van der Waals surface area (Å²) in [6.07, 6.45) is 0.750. The molecule has 2 aromatic rings. The van der Waals surface area contributed by atoms with E-state index in [2.05, 4.69) is 4.72 Å². The maximum Gasteiger partial charge on any atom is 0.261 e. The van der Waals surface area contributed by atoms with Gasteiger partial charge in [0.05, 0.1) is 10.6 Å². The monoisotopic (exact) mass is 358 g/mol. The van der Waals surface area contributed by atoms with Crippen molar-refractivity contribution in [3.63, 3.8) is 0 Å². The summed E-state index contributed by atoms with van der Waals surface area (Å²) in [5.41, 5.74) is 4.44. The Kier molecular flexibility index (Phi) is 4.56. The zero-order valence-electron chi connectivity index (χ0n) is 14.7. The Morgan fingerprint density at radius 2 is 1.84 bits per heavy atom. The van der Waals surface area contributed by atoms with E-state index in [1.807, 2.05) is 38.1 Å². The highest BCUT2D eigenvalue weighted by Gasteiger charge is 2.22. The van der Waals surface area contributed by atoms with Gasteiger partial charge in [0.25, 0.3) is 10.0 Å². The number of nitrogens with one attached hydrogen (secondary N) is 1. The molecule has 1 heterocycles. The first-order valence-corrected chi connectivity index (χ1v) is 9.72. The van der Waals surface area contributed by atoms with Crippen LogP contribution in [0.4, 0.5) is 5.69 Å². The van der Waals surface area contributed by atoms with Crippen LogP contribution in [-0.2, 0) is 27.8 Å². The third-order valence-electron chi connectivity index (χ3n) is 4.58. The second-order valence-corrected chi connectivity index (χ2v) is 8.23. The van der Waals surface area contributed by atoms with Gasteiger partial charge in [-0.05, 0) is 60.7 Å². The Balaban J connectivity index is 1.92. The van der Waals surface area contributed by atoms with E-state index in [0.29, 0.717) is 18.8 Å². The van der Waals surface area contributed by atoms with Gasteiger partial charge < -0.3 is 4.90 Å². The van der Waals surface area contributed by atoms with Gasteiger partial charge in [-0.25, -0.2) is 8.42 Å². The van der Waals surface area contributed by atoms with Crippen LogP contribution in [0, 0.1) is 13.8 Å². The summed E-state index contributed by atoms with van der Waals surface area (Å²) in [5, 5.41) is 0. The zero-order valence-corrected chi connectivity index (χ0v) is 15.5. The van der Waals surface area contributed by atoms with Gasteiger partial charge in [-0.3, -0.25) is 9.52 Å². The van der Waals surface area contributed by atoms with Crippen molar-refractivity contribution in [2.45, 2.75) is 38.6 Å². The molecule has 0 spiro atoms. The molecule has 0 aromatic heterocycles. The number of aryl methyl sites for hydroxylation is 2. The summed E-state index contributed by atoms with van der Waals surface area (Å²) in [6, 6.07) is 10.8. The molecule has 1 amide bonds. The molecular formula is C19H22N2O3S. The summed E-state index contributed by atoms with van der Waals surface area (Å²) >= 11 is 0. The predicted molar refractivity (Wildman–Crippen MR) is 98.0 cm³/mol. The highest BCUT2D eigenvalue weighted by Crippen LogP contribution is 2.25. The topological polar surface area (TPSA) is 66.5 Å². The molecular weight excluding hydrogens is 336 g/mol. The second kappa shape index (κ2) is 6.52. The van der Waals surface area contributed by atoms with E-state index in [0.717, 1.165) is 28.7 Å². The molecule has 5 nitrogen and oxygen atoms in total. The Hall–Kier alpha value is -2.34. The average molecular weight is 358 g/mol. The molecule has 3 rings (SSSR count). The van der Waals surface area contributed by atoms with Crippen molar-refractivity contribution in [2.75, 3.05) is 11.3 Å². The van der Waals surface area contributed by atoms with Gasteiger partial charge in [0.2, 0.25) is 5.91 Å². The van der Waals surface area contributed by atoms with Gasteiger partial charge in [-0.15, -0.1) is 0 Å². The van der Waals surface area contributed by atoms with Crippen molar-refractivity contribution >= 4 is 21.6 Å². The minimum absolute atomic E-state index is 0.00687. The molecule has 1 aliphatic rings. The van der Waals surface area contributed by atoms with Crippen LogP contribution in [0.15, 0.2) is 41.3 Å². The van der Waals surface area contributed by atoms with Crippen molar-refractivity contribution in [2.24, 2.45) is 0 Å². The molecule has 0 unspecified atom stereocenters. The normalized spacial score (nSPS) is 14.1. The van der Waals surface area contributed by atoms with E-state index >= 15 is 0 Å². The van der Waals surface area contributed by atoms with Crippen molar-refractivity contribution in [1.29, 1.82) is 0 Å². The van der Waals surface area contributed by atoms with Crippen LogP contribution in [0.2, 0.25) is 0 Å². The predicted octanol–water partition coefficient (Wildman–Crippen LogP) is 3.01. The molecule has 2 aromatic carbocycles. The Morgan fingerprint density at radius 3 is 2.56 bits per heavy atom. The van der Waals surface area contributed by atoms with Crippen molar-refractivity contribution in [3.8, 4) is 0 Å². The van der Waals surface area contributed by atoms with Gasteiger partial charge >= 0.3 is 0 Å². The third-order valence-corrected chi connectivity index (χ3v) is 5.95. The molecule has 25 heavy (non-hydrogen) atoms. The summed E-state index contributed by atoms with van der Waals surface area (Å²) in [4.78, 5) is 13.5. The first-order chi connectivity index (χ1) is 11.8. The van der Waals surface area contributed by atoms with Gasteiger partial charge in [-0.1, -0.05) is 18.2 Å². The lowest BCUT2D eigenvalue weighted by Gasteiger charge is -2.28. The number of anilines is 1. The van der Waals surface area contributed by atoms with Crippen molar-refractivity contribution in [3.05, 3.63) is 58.7 Å². The molecule has 0 saturated carbocycles. The molecule has 0 bridgehead atoms. The molecule has 0 saturated heterocycles. The Bertz CT molecular complexity index is 936. The fourth-order valence-corrected chi connectivity index (χ4v) is 4.19. The lowest BCUT2D eigenvalue weighted by atomic mass is 10.00. The van der Waals surface area contributed by atoms with E-state index in [1.165, 1.54) is 6.92 Å². The first-order valence-electron chi connectivity index (χ1n) is 8.23. The van der Waals surface area contributed by atoms with Crippen LogP contribution >= 0.6 is 0 Å². The smallest absolute Gasteiger partial charge is 0.261 e. The number of fused-ring (bicyclic) bond motifs is 1. The number of hydrogen-bond acceptors (Lipinski definition) is 3. The maximum absolute atomic E-state index is 12.8. The Morgan fingerprint density at radius 1 is 1.08 bits per heavy atom. The second-order valence-electron chi connectivity index (χ2n) is 6.54. The molecule has 0 aliphatic carbocycles. The summed E-state index contributed by atoms with van der Waals surface area (Å²) in [5.74, 6) is 0.00687. The lowest BCUT2D eigenvalue weighted by molar-refractivity contribution is -0.129. The van der Waals surface area contributed by atoms with Gasteiger partial charge in [0.15, 0.2) is 0 Å². The highest BCUT2D eigenvalue weighted by molar-refractivity contribution is 7.92. The van der Waals surface area contributed by atoms with Crippen LogP contribution in [0.5, 0.6) is 0 Å². The average Bonchev–Trinajstić information content (AvgIpc) is 2.57. The largest absolute Gasteiger partial charge is 0.338 e. The fourth-order valence-electron chi connectivity index (χ4n) is 3.02. The number of nitrogens with zero attached hydrogens (tertiary/aromatic N) is 1. The van der Waals surface area contributed by atoms with E-state index in [9.17, 15) is 13.2 Å². The van der Waals surface area contributed by atoms with E-state index in [1.54, 1.807) is 17.0 Å². The van der Waals surface area contributed by atoms with Gasteiger partial charge in [0.1, 0.15) is 0 Å². The molecule has 0 atom stereocenters. The minimum Gasteiger partial charge on any atom is -0.338 e. The Labute approximate surface area is 148 Å². The van der Waals surface area contributed by atoms with Gasteiger partial charge in [0, 0.05) is 20.0 Å². The summed E-state index contributed by atoms with van der Waals surface area (Å²) in [6.45, 7) is 6.46. The third kappa shape index (κ3) is 3.69. The summed E-state index contributed by atoms with van der Waals surface area (Å²) < 4.78 is 28.2. The van der Waals surface area contributed by atoms with Crippen LogP contribution in [0.25, 0.3) is 0 Å². The van der Waals surface area contributed by atoms with E-state index in [4.69, 9.17) is 0 Å². The number of carbonyl (C=O) groups excluding carboxylic acids is 1. The van der Waals surface area contributed by atoms with Crippen molar-refractivity contribution in [1.82, 2.24) is 4.90 Å². The summed E-state index contributed by atoms with van der Waals surface area (Å²) in [7, 11) is -3.68. The lowest BCUT2D eigenvalue weighted by Crippen LogP contribution is -2.34. The quantitative estimate of drug-likeness (QED) is 0.917. The number of benzene rings is 2. The number of carbonyl (C=O) groups is 1. The first kappa shape index (κ1) is 17.5. The van der Waals surface area contributed by atoms with Gasteiger partial charge in [-0.2, -0.15) is 0 Å². The number of rotatable bonds is 3. The van der Waals surface area contributed by atoms with E-state index < -0.39 is 10.0 Å². The minimum atomic E-state index is -3.68. The SMILES string of the molecule is CC(=O)N1CCc2ccc(S(=O)(=O)Nc3cc(C)ccc3C)cc2C1. The van der Waals surface area contributed by atoms with Crippen LogP contribution < -0.4 is 4.72 Å². The van der Waals surface area contributed by atoms with Crippen LogP contribution in [0.3, 0.4) is 0 Å². The zero-order chi connectivity index (χ0) is 18.2. The van der Waals surface area contributed by atoms with Crippen molar-refractivity contribution < 1.29 is 13.2 Å². The molecule has 1 N–H and O–H groups in total. The number of sulfonamides is 1. The molecule has 0 fully saturated rings. The standard InChI is InChI=1S/C19H22N2O3S/c1-13-4-5-14(2)19(10-13)20-25(23,24)18-7-6-16-8-9-21(15(3)22)12-17(16)11-18/h4-7,10-11,20H,8-9,12H2,1-3H3. The molecule has 132 valence electrons. The number of amides is 1. The highest BCUT2D eigenvalue weighted by atomic mass is 32.2. The molecule has 0 radical (unpaired) electrons. The maximum atomic E-state index is 12.8.